The summed E-state index contributed by atoms with van der Waals surface area (Å²) in [5, 5.41) is 6.77. The van der Waals surface area contributed by atoms with Gasteiger partial charge in [0.25, 0.3) is 5.91 Å². The van der Waals surface area contributed by atoms with Gasteiger partial charge in [-0.25, -0.2) is 4.98 Å². The number of aromatic amines is 1. The van der Waals surface area contributed by atoms with Crippen LogP contribution < -0.4 is 5.73 Å². The summed E-state index contributed by atoms with van der Waals surface area (Å²) in [6, 6.07) is 5.43. The minimum Gasteiger partial charge on any atom is -0.398 e. The number of amides is 1. The first-order valence-electron chi connectivity index (χ1n) is 5.97. The van der Waals surface area contributed by atoms with Crippen LogP contribution in [-0.4, -0.2) is 33.0 Å². The number of benzene rings is 1. The molecule has 0 saturated carbocycles. The molecule has 1 heterocycles. The van der Waals surface area contributed by atoms with Gasteiger partial charge in [0.1, 0.15) is 5.82 Å². The van der Waals surface area contributed by atoms with Gasteiger partial charge in [0, 0.05) is 12.7 Å². The second-order valence-electron chi connectivity index (χ2n) is 4.54. The number of carbonyl (C=O) groups is 1. The third kappa shape index (κ3) is 2.73. The third-order valence-corrected chi connectivity index (χ3v) is 2.89. The van der Waals surface area contributed by atoms with E-state index in [0.717, 1.165) is 11.4 Å². The number of hydrogen-bond acceptors (Lipinski definition) is 4. The van der Waals surface area contributed by atoms with Gasteiger partial charge in [-0.05, 0) is 25.5 Å². The van der Waals surface area contributed by atoms with Crippen molar-refractivity contribution < 1.29 is 4.79 Å². The number of aryl methyl sites for hydroxylation is 2. The molecule has 0 spiro atoms. The van der Waals surface area contributed by atoms with E-state index in [2.05, 4.69) is 15.2 Å². The van der Waals surface area contributed by atoms with E-state index in [1.807, 2.05) is 26.0 Å². The van der Waals surface area contributed by atoms with E-state index < -0.39 is 0 Å². The number of nitrogens with zero attached hydrogens (tertiary/aromatic N) is 3. The lowest BCUT2D eigenvalue weighted by molar-refractivity contribution is 0.0782. The summed E-state index contributed by atoms with van der Waals surface area (Å²) in [5.41, 5.74) is 7.76. The van der Waals surface area contributed by atoms with Crippen molar-refractivity contribution in [2.24, 2.45) is 0 Å². The van der Waals surface area contributed by atoms with Gasteiger partial charge in [0.2, 0.25) is 0 Å². The molecule has 1 aromatic carbocycles. The number of nitrogen functional groups attached to an aromatic ring is 1. The lowest BCUT2D eigenvalue weighted by Crippen LogP contribution is -2.28. The van der Waals surface area contributed by atoms with Gasteiger partial charge in [-0.2, -0.15) is 5.10 Å². The molecule has 0 bridgehead atoms. The van der Waals surface area contributed by atoms with Crippen molar-refractivity contribution in [3.05, 3.63) is 41.0 Å². The highest BCUT2D eigenvalue weighted by atomic mass is 16.2. The number of anilines is 1. The Morgan fingerprint density at radius 3 is 2.74 bits per heavy atom. The van der Waals surface area contributed by atoms with E-state index in [1.54, 1.807) is 18.0 Å². The molecule has 0 atom stereocenters. The highest BCUT2D eigenvalue weighted by molar-refractivity contribution is 6.00. The SMILES string of the molecule is Cc1nc(CN(C)C(=O)c2c(C)cccc2N)n[nH]1. The van der Waals surface area contributed by atoms with E-state index >= 15 is 0 Å². The van der Waals surface area contributed by atoms with Crippen LogP contribution in [0.1, 0.15) is 27.6 Å². The van der Waals surface area contributed by atoms with E-state index in [0.29, 0.717) is 23.6 Å². The Bertz CT molecular complexity index is 585. The molecular weight excluding hydrogens is 242 g/mol. The predicted molar refractivity (Wildman–Crippen MR) is 72.5 cm³/mol. The second-order valence-corrected chi connectivity index (χ2v) is 4.54. The Hall–Kier alpha value is -2.37. The van der Waals surface area contributed by atoms with Crippen LogP contribution in [-0.2, 0) is 6.54 Å². The molecule has 0 aliphatic rings. The van der Waals surface area contributed by atoms with Crippen molar-refractivity contribution in [3.8, 4) is 0 Å². The molecule has 0 unspecified atom stereocenters. The quantitative estimate of drug-likeness (QED) is 0.813. The first-order chi connectivity index (χ1) is 8.99. The Kier molecular flexibility index (Phi) is 3.50. The lowest BCUT2D eigenvalue weighted by Gasteiger charge is -2.17. The fourth-order valence-corrected chi connectivity index (χ4v) is 1.92. The Balaban J connectivity index is 2.19. The molecule has 3 N–H and O–H groups in total. The molecule has 100 valence electrons. The summed E-state index contributed by atoms with van der Waals surface area (Å²) in [5.74, 6) is 1.19. The summed E-state index contributed by atoms with van der Waals surface area (Å²) < 4.78 is 0. The minimum atomic E-state index is -0.127. The van der Waals surface area contributed by atoms with Crippen LogP contribution in [0.5, 0.6) is 0 Å². The average Bonchev–Trinajstić information content (AvgIpc) is 2.74. The van der Waals surface area contributed by atoms with Crippen LogP contribution in [0.25, 0.3) is 0 Å². The monoisotopic (exact) mass is 259 g/mol. The normalized spacial score (nSPS) is 10.5. The molecular formula is C13H17N5O. The van der Waals surface area contributed by atoms with Gasteiger partial charge in [0.05, 0.1) is 12.1 Å². The molecule has 0 radical (unpaired) electrons. The average molecular weight is 259 g/mol. The van der Waals surface area contributed by atoms with E-state index in [1.165, 1.54) is 0 Å². The topological polar surface area (TPSA) is 87.9 Å². The molecule has 6 nitrogen and oxygen atoms in total. The maximum absolute atomic E-state index is 12.4. The van der Waals surface area contributed by atoms with Crippen LogP contribution in [0, 0.1) is 13.8 Å². The summed E-state index contributed by atoms with van der Waals surface area (Å²) in [4.78, 5) is 18.1. The number of nitrogens with one attached hydrogen (secondary N) is 1. The van der Waals surface area contributed by atoms with Crippen molar-refractivity contribution >= 4 is 11.6 Å². The molecule has 6 heteroatoms. The lowest BCUT2D eigenvalue weighted by atomic mass is 10.1. The van der Waals surface area contributed by atoms with Gasteiger partial charge in [-0.3, -0.25) is 9.89 Å². The molecule has 1 aromatic heterocycles. The maximum Gasteiger partial charge on any atom is 0.256 e. The highest BCUT2D eigenvalue weighted by Gasteiger charge is 2.18. The van der Waals surface area contributed by atoms with Gasteiger partial charge in [0.15, 0.2) is 5.82 Å². The molecule has 0 aliphatic heterocycles. The molecule has 19 heavy (non-hydrogen) atoms. The van der Waals surface area contributed by atoms with Gasteiger partial charge >= 0.3 is 0 Å². The van der Waals surface area contributed by atoms with Crippen molar-refractivity contribution in [2.75, 3.05) is 12.8 Å². The smallest absolute Gasteiger partial charge is 0.256 e. The third-order valence-electron chi connectivity index (χ3n) is 2.89. The first-order valence-corrected chi connectivity index (χ1v) is 5.97. The van der Waals surface area contributed by atoms with Crippen LogP contribution in [0.2, 0.25) is 0 Å². The predicted octanol–water partition coefficient (Wildman–Crippen LogP) is 1.28. The van der Waals surface area contributed by atoms with Crippen LogP contribution in [0.4, 0.5) is 5.69 Å². The van der Waals surface area contributed by atoms with Crippen molar-refractivity contribution in [2.45, 2.75) is 20.4 Å². The zero-order valence-electron chi connectivity index (χ0n) is 11.3. The summed E-state index contributed by atoms with van der Waals surface area (Å²) in [6.45, 7) is 4.03. The second kappa shape index (κ2) is 5.09. The number of rotatable bonds is 3. The zero-order chi connectivity index (χ0) is 14.0. The van der Waals surface area contributed by atoms with Crippen LogP contribution in [0.15, 0.2) is 18.2 Å². The van der Waals surface area contributed by atoms with Gasteiger partial charge in [-0.1, -0.05) is 12.1 Å². The molecule has 2 aromatic rings. The van der Waals surface area contributed by atoms with Crippen LogP contribution in [0.3, 0.4) is 0 Å². The first kappa shape index (κ1) is 13.1. The largest absolute Gasteiger partial charge is 0.398 e. The zero-order valence-corrected chi connectivity index (χ0v) is 11.3. The maximum atomic E-state index is 12.4. The summed E-state index contributed by atoms with van der Waals surface area (Å²) in [7, 11) is 1.71. The Morgan fingerprint density at radius 2 is 2.16 bits per heavy atom. The number of H-pyrrole nitrogens is 1. The fraction of sp³-hybridized carbons (Fsp3) is 0.308. The Labute approximate surface area is 111 Å². The number of aromatic nitrogens is 3. The number of nitrogens with two attached hydrogens (primary N) is 1. The summed E-state index contributed by atoms with van der Waals surface area (Å²) >= 11 is 0. The number of hydrogen-bond donors (Lipinski definition) is 2. The van der Waals surface area contributed by atoms with Crippen LogP contribution >= 0.6 is 0 Å². The molecule has 0 aliphatic carbocycles. The molecule has 0 saturated heterocycles. The van der Waals surface area contributed by atoms with E-state index in [9.17, 15) is 4.79 Å². The fourth-order valence-electron chi connectivity index (χ4n) is 1.92. The highest BCUT2D eigenvalue weighted by Crippen LogP contribution is 2.18. The van der Waals surface area contributed by atoms with E-state index in [-0.39, 0.29) is 5.91 Å². The minimum absolute atomic E-state index is 0.127. The summed E-state index contributed by atoms with van der Waals surface area (Å²) in [6.07, 6.45) is 0. The van der Waals surface area contributed by atoms with Gasteiger partial charge < -0.3 is 10.6 Å². The molecule has 1 amide bonds. The van der Waals surface area contributed by atoms with E-state index in [4.69, 9.17) is 5.73 Å². The molecule has 2 rings (SSSR count). The molecule has 0 fully saturated rings. The standard InChI is InChI=1S/C13H17N5O/c1-8-5-4-6-10(14)12(8)13(19)18(3)7-11-15-9(2)16-17-11/h4-6H,7,14H2,1-3H3,(H,15,16,17). The van der Waals surface area contributed by atoms with Crippen molar-refractivity contribution in [3.63, 3.8) is 0 Å². The number of carbonyl (C=O) groups excluding carboxylic acids is 1. The van der Waals surface area contributed by atoms with Gasteiger partial charge in [-0.15, -0.1) is 0 Å². The van der Waals surface area contributed by atoms with Crippen molar-refractivity contribution in [1.29, 1.82) is 0 Å². The Morgan fingerprint density at radius 1 is 1.42 bits per heavy atom. The van der Waals surface area contributed by atoms with Crippen molar-refractivity contribution in [1.82, 2.24) is 20.1 Å².